The van der Waals surface area contributed by atoms with Gasteiger partial charge in [0.05, 0.1) is 19.1 Å². The van der Waals surface area contributed by atoms with E-state index in [1.165, 1.54) is 17.2 Å². The minimum absolute atomic E-state index is 0.120. The second-order valence-electron chi connectivity index (χ2n) is 12.2. The Balaban J connectivity index is 1.50. The largest absolute Gasteiger partial charge is 0.466 e. The number of nitrogens with zero attached hydrogens (tertiary/aromatic N) is 1. The van der Waals surface area contributed by atoms with Crippen molar-refractivity contribution >= 4 is 29.8 Å². The first-order valence-electron chi connectivity index (χ1n) is 15.4. The molecule has 6 unspecified atom stereocenters. The third-order valence-corrected chi connectivity index (χ3v) is 7.20. The van der Waals surface area contributed by atoms with Crippen molar-refractivity contribution in [3.8, 4) is 0 Å². The number of alkyl carbamates (subject to hydrolysis) is 1. The summed E-state index contributed by atoms with van der Waals surface area (Å²) in [5.74, 6) is -1.69. The van der Waals surface area contributed by atoms with Crippen LogP contribution in [0.4, 0.5) is 4.79 Å². The monoisotopic (exact) mass is 659 g/mol. The minimum atomic E-state index is -1.35. The number of amides is 4. The molecule has 1 aromatic rings. The van der Waals surface area contributed by atoms with Crippen LogP contribution < -0.4 is 21.3 Å². The van der Waals surface area contributed by atoms with E-state index in [9.17, 15) is 34.2 Å². The van der Waals surface area contributed by atoms with E-state index in [-0.39, 0.29) is 50.6 Å². The van der Waals surface area contributed by atoms with Crippen molar-refractivity contribution in [3.05, 3.63) is 60.6 Å². The van der Waals surface area contributed by atoms with Crippen LogP contribution in [0.2, 0.25) is 0 Å². The summed E-state index contributed by atoms with van der Waals surface area (Å²) in [7, 11) is 0. The van der Waals surface area contributed by atoms with Crippen molar-refractivity contribution in [1.29, 1.82) is 0 Å². The molecule has 2 aliphatic heterocycles. The van der Waals surface area contributed by atoms with Gasteiger partial charge < -0.3 is 50.6 Å². The summed E-state index contributed by atoms with van der Waals surface area (Å²) < 4.78 is 16.8. The summed E-state index contributed by atoms with van der Waals surface area (Å²) in [6.45, 7) is 10.5. The highest BCUT2D eigenvalue weighted by atomic mass is 16.6. The molecule has 2 aliphatic rings. The average Bonchev–Trinajstić information content (AvgIpc) is 3.29. The lowest BCUT2D eigenvalue weighted by Gasteiger charge is -2.32. The van der Waals surface area contributed by atoms with E-state index in [1.54, 1.807) is 31.2 Å². The maximum Gasteiger partial charge on any atom is 0.408 e. The first kappa shape index (κ1) is 37.0. The Morgan fingerprint density at radius 3 is 2.43 bits per heavy atom. The smallest absolute Gasteiger partial charge is 0.408 e. The number of aliphatic hydroxyl groups excluding tert-OH is 2. The van der Waals surface area contributed by atoms with E-state index in [4.69, 9.17) is 14.2 Å². The SMILES string of the molecule is C=C1NC(=O)C=CN1C1OC(CNC(=O)CCC(=O)OCCC(NC(=O)CC)C(OC(=O)NC(C)(C)C)c2ccccc2)C(O)C1O. The quantitative estimate of drug-likeness (QED) is 0.154. The van der Waals surface area contributed by atoms with E-state index < -0.39 is 66.1 Å². The number of ether oxygens (including phenoxy) is 3. The first-order chi connectivity index (χ1) is 22.2. The molecule has 2 heterocycles. The van der Waals surface area contributed by atoms with Gasteiger partial charge in [0.2, 0.25) is 11.8 Å². The lowest BCUT2D eigenvalue weighted by Crippen LogP contribution is -2.46. The molecule has 1 saturated heterocycles. The van der Waals surface area contributed by atoms with Gasteiger partial charge in [0.15, 0.2) is 6.23 Å². The predicted octanol–water partition coefficient (Wildman–Crippen LogP) is 0.840. The van der Waals surface area contributed by atoms with Crippen LogP contribution in [-0.2, 0) is 33.4 Å². The van der Waals surface area contributed by atoms with Gasteiger partial charge in [-0.05, 0) is 26.3 Å². The molecule has 0 saturated carbocycles. The number of carbonyl (C=O) groups excluding carboxylic acids is 5. The molecule has 3 rings (SSSR count). The summed E-state index contributed by atoms with van der Waals surface area (Å²) in [4.78, 5) is 62.8. The zero-order chi connectivity index (χ0) is 34.7. The molecule has 0 spiro atoms. The number of rotatable bonds is 14. The van der Waals surface area contributed by atoms with Gasteiger partial charge in [-0.25, -0.2) is 4.79 Å². The van der Waals surface area contributed by atoms with Gasteiger partial charge in [-0.2, -0.15) is 0 Å². The van der Waals surface area contributed by atoms with Crippen LogP contribution in [0.25, 0.3) is 0 Å². The number of hydrogen-bond acceptors (Lipinski definition) is 11. The standard InChI is InChI=1S/C32H45N5O10/c1-6-23(38)35-21(29(20-10-8-7-9-11-20)47-31(44)36-32(3,4)5)15-17-45-26(41)13-12-24(39)33-18-22-27(42)28(43)30(46-22)37-16-14-25(40)34-19(37)2/h7-11,14,16,21-22,27-30,42-43H,2,6,12-13,15,17-18H2,1,3-5H3,(H,33,39)(H,34,40)(H,35,38)(H,36,44). The summed E-state index contributed by atoms with van der Waals surface area (Å²) >= 11 is 0. The van der Waals surface area contributed by atoms with Gasteiger partial charge >= 0.3 is 12.1 Å². The maximum atomic E-state index is 12.7. The lowest BCUT2D eigenvalue weighted by atomic mass is 9.99. The van der Waals surface area contributed by atoms with Crippen LogP contribution in [0.1, 0.15) is 65.0 Å². The van der Waals surface area contributed by atoms with Crippen molar-refractivity contribution in [1.82, 2.24) is 26.2 Å². The highest BCUT2D eigenvalue weighted by Gasteiger charge is 2.46. The van der Waals surface area contributed by atoms with Gasteiger partial charge in [0.25, 0.3) is 5.91 Å². The lowest BCUT2D eigenvalue weighted by molar-refractivity contribution is -0.145. The number of esters is 1. The Bertz CT molecular complexity index is 1310. The third kappa shape index (κ3) is 11.4. The van der Waals surface area contributed by atoms with Crippen molar-refractivity contribution in [2.75, 3.05) is 13.2 Å². The Labute approximate surface area is 273 Å². The van der Waals surface area contributed by atoms with Crippen molar-refractivity contribution in [2.24, 2.45) is 0 Å². The molecule has 1 aromatic carbocycles. The topological polar surface area (TPSA) is 205 Å². The molecule has 258 valence electrons. The van der Waals surface area contributed by atoms with Crippen LogP contribution in [0, 0.1) is 0 Å². The van der Waals surface area contributed by atoms with Gasteiger partial charge in [0.1, 0.15) is 30.2 Å². The summed E-state index contributed by atoms with van der Waals surface area (Å²) in [6.07, 6.45) is -3.83. The highest BCUT2D eigenvalue weighted by molar-refractivity contribution is 5.89. The molecule has 0 bridgehead atoms. The minimum Gasteiger partial charge on any atom is -0.466 e. The number of hydrogen-bond donors (Lipinski definition) is 6. The molecule has 15 nitrogen and oxygen atoms in total. The fraction of sp³-hybridized carbons (Fsp3) is 0.531. The summed E-state index contributed by atoms with van der Waals surface area (Å²) in [5, 5.41) is 31.5. The van der Waals surface area contributed by atoms with Gasteiger partial charge in [0, 0.05) is 43.6 Å². The molecule has 4 amide bonds. The Morgan fingerprint density at radius 1 is 1.09 bits per heavy atom. The van der Waals surface area contributed by atoms with Crippen LogP contribution in [-0.4, -0.2) is 94.2 Å². The van der Waals surface area contributed by atoms with E-state index >= 15 is 0 Å². The fourth-order valence-corrected chi connectivity index (χ4v) is 4.83. The van der Waals surface area contributed by atoms with Gasteiger partial charge in [-0.1, -0.05) is 43.8 Å². The zero-order valence-corrected chi connectivity index (χ0v) is 27.1. The van der Waals surface area contributed by atoms with E-state index in [2.05, 4.69) is 27.8 Å². The maximum absolute atomic E-state index is 12.7. The normalized spacial score (nSPS) is 22.1. The molecular formula is C32H45N5O10. The van der Waals surface area contributed by atoms with Crippen LogP contribution in [0.15, 0.2) is 55.0 Å². The molecule has 0 radical (unpaired) electrons. The number of benzene rings is 1. The second kappa shape index (κ2) is 16.9. The number of nitrogens with one attached hydrogen (secondary N) is 4. The van der Waals surface area contributed by atoms with Crippen LogP contribution in [0.5, 0.6) is 0 Å². The van der Waals surface area contributed by atoms with E-state index in [0.29, 0.717) is 5.56 Å². The molecule has 15 heteroatoms. The van der Waals surface area contributed by atoms with Crippen LogP contribution in [0.3, 0.4) is 0 Å². The number of aliphatic hydroxyl groups is 2. The molecule has 6 atom stereocenters. The molecule has 47 heavy (non-hydrogen) atoms. The molecule has 1 fully saturated rings. The Hall–Kier alpha value is -4.47. The highest BCUT2D eigenvalue weighted by Crippen LogP contribution is 2.27. The Kier molecular flexibility index (Phi) is 13.3. The van der Waals surface area contributed by atoms with Crippen LogP contribution >= 0.6 is 0 Å². The molecule has 0 aromatic heterocycles. The van der Waals surface area contributed by atoms with Gasteiger partial charge in [-0.3, -0.25) is 19.2 Å². The third-order valence-electron chi connectivity index (χ3n) is 7.20. The molecule has 0 aliphatic carbocycles. The Morgan fingerprint density at radius 2 is 1.79 bits per heavy atom. The molecule has 6 N–H and O–H groups in total. The molecular weight excluding hydrogens is 614 g/mol. The zero-order valence-electron chi connectivity index (χ0n) is 27.1. The van der Waals surface area contributed by atoms with Crippen molar-refractivity contribution < 1.29 is 48.4 Å². The van der Waals surface area contributed by atoms with E-state index in [0.717, 1.165) is 0 Å². The first-order valence-corrected chi connectivity index (χ1v) is 15.4. The van der Waals surface area contributed by atoms with Crippen molar-refractivity contribution in [2.45, 2.75) is 95.6 Å². The second-order valence-corrected chi connectivity index (χ2v) is 12.2. The van der Waals surface area contributed by atoms with Gasteiger partial charge in [-0.15, -0.1) is 0 Å². The predicted molar refractivity (Wildman–Crippen MR) is 168 cm³/mol. The summed E-state index contributed by atoms with van der Waals surface area (Å²) in [6, 6.07) is 8.17. The van der Waals surface area contributed by atoms with Crippen molar-refractivity contribution in [3.63, 3.8) is 0 Å². The fourth-order valence-electron chi connectivity index (χ4n) is 4.83. The van der Waals surface area contributed by atoms with E-state index in [1.807, 2.05) is 26.8 Å². The summed E-state index contributed by atoms with van der Waals surface area (Å²) in [5.41, 5.74) is 0.0802. The average molecular weight is 660 g/mol. The number of carbonyl (C=O) groups is 5.